The van der Waals surface area contributed by atoms with Crippen LogP contribution in [0.2, 0.25) is 5.02 Å². The lowest BCUT2D eigenvalue weighted by Gasteiger charge is -2.20. The maximum Gasteiger partial charge on any atom is 0.258 e. The second kappa shape index (κ2) is 5.98. The van der Waals surface area contributed by atoms with Crippen molar-refractivity contribution < 1.29 is 4.79 Å². The van der Waals surface area contributed by atoms with Crippen molar-refractivity contribution in [2.75, 3.05) is 11.9 Å². The van der Waals surface area contributed by atoms with Gasteiger partial charge in [-0.2, -0.15) is 0 Å². The lowest BCUT2D eigenvalue weighted by molar-refractivity contribution is 0.0993. The highest BCUT2D eigenvalue weighted by Crippen LogP contribution is 2.26. The summed E-state index contributed by atoms with van der Waals surface area (Å²) in [6.45, 7) is 4.04. The van der Waals surface area contributed by atoms with Crippen LogP contribution in [0.15, 0.2) is 40.9 Å². The molecular weight excluding hydrogens is 338 g/mol. The van der Waals surface area contributed by atoms with Gasteiger partial charge in [0, 0.05) is 22.8 Å². The molecule has 0 aliphatic heterocycles. The SMILES string of the molecule is Cc1ccc(N(C)C(=O)c2ccc(Br)c(Cl)c2)c(C)c1. The number of nitrogens with zero attached hydrogens (tertiary/aromatic N) is 1. The van der Waals surface area contributed by atoms with Crippen LogP contribution in [0.4, 0.5) is 5.69 Å². The van der Waals surface area contributed by atoms with Gasteiger partial charge in [-0.05, 0) is 59.6 Å². The molecule has 0 radical (unpaired) electrons. The smallest absolute Gasteiger partial charge is 0.258 e. The summed E-state index contributed by atoms with van der Waals surface area (Å²) < 4.78 is 0.782. The number of hydrogen-bond acceptors (Lipinski definition) is 1. The van der Waals surface area contributed by atoms with E-state index >= 15 is 0 Å². The molecular formula is C16H15BrClNO. The topological polar surface area (TPSA) is 20.3 Å². The van der Waals surface area contributed by atoms with Gasteiger partial charge in [-0.1, -0.05) is 29.3 Å². The van der Waals surface area contributed by atoms with E-state index in [1.165, 1.54) is 5.56 Å². The molecule has 2 rings (SSSR count). The molecule has 20 heavy (non-hydrogen) atoms. The zero-order chi connectivity index (χ0) is 14.9. The van der Waals surface area contributed by atoms with Crippen LogP contribution < -0.4 is 4.90 Å². The van der Waals surface area contributed by atoms with E-state index in [9.17, 15) is 4.79 Å². The third-order valence-corrected chi connectivity index (χ3v) is 4.42. The predicted molar refractivity (Wildman–Crippen MR) is 87.8 cm³/mol. The van der Waals surface area contributed by atoms with Gasteiger partial charge in [0.15, 0.2) is 0 Å². The Morgan fingerprint density at radius 2 is 1.85 bits per heavy atom. The summed E-state index contributed by atoms with van der Waals surface area (Å²) in [6.07, 6.45) is 0. The molecule has 0 aliphatic carbocycles. The van der Waals surface area contributed by atoms with Gasteiger partial charge in [-0.3, -0.25) is 4.79 Å². The Hall–Kier alpha value is -1.32. The van der Waals surface area contributed by atoms with E-state index in [-0.39, 0.29) is 5.91 Å². The first kappa shape index (κ1) is 15.1. The van der Waals surface area contributed by atoms with Crippen molar-refractivity contribution in [1.29, 1.82) is 0 Å². The standard InChI is InChI=1S/C16H15BrClNO/c1-10-4-7-15(11(2)8-10)19(3)16(20)12-5-6-13(17)14(18)9-12/h4-9H,1-3H3. The number of halogens is 2. The lowest BCUT2D eigenvalue weighted by atomic mass is 10.1. The third-order valence-electron chi connectivity index (χ3n) is 3.18. The van der Waals surface area contributed by atoms with E-state index in [2.05, 4.69) is 22.0 Å². The summed E-state index contributed by atoms with van der Waals surface area (Å²) in [5.41, 5.74) is 3.73. The van der Waals surface area contributed by atoms with Crippen molar-refractivity contribution >= 4 is 39.1 Å². The zero-order valence-electron chi connectivity index (χ0n) is 11.6. The van der Waals surface area contributed by atoms with E-state index in [4.69, 9.17) is 11.6 Å². The molecule has 104 valence electrons. The fraction of sp³-hybridized carbons (Fsp3) is 0.188. The lowest BCUT2D eigenvalue weighted by Crippen LogP contribution is -2.26. The molecule has 4 heteroatoms. The largest absolute Gasteiger partial charge is 0.311 e. The van der Waals surface area contributed by atoms with E-state index in [0.717, 1.165) is 15.7 Å². The van der Waals surface area contributed by atoms with E-state index in [0.29, 0.717) is 10.6 Å². The summed E-state index contributed by atoms with van der Waals surface area (Å²) in [6, 6.07) is 11.2. The minimum absolute atomic E-state index is 0.0775. The van der Waals surface area contributed by atoms with Crippen molar-refractivity contribution in [3.8, 4) is 0 Å². The Morgan fingerprint density at radius 3 is 2.45 bits per heavy atom. The number of rotatable bonds is 2. The van der Waals surface area contributed by atoms with Crippen LogP contribution in [0.1, 0.15) is 21.5 Å². The normalized spacial score (nSPS) is 10.4. The van der Waals surface area contributed by atoms with Crippen LogP contribution in [0.25, 0.3) is 0 Å². The summed E-state index contributed by atoms with van der Waals surface area (Å²) in [7, 11) is 1.77. The van der Waals surface area contributed by atoms with Gasteiger partial charge in [0.2, 0.25) is 0 Å². The molecule has 0 unspecified atom stereocenters. The predicted octanol–water partition coefficient (Wildman–Crippen LogP) is 5.00. The van der Waals surface area contributed by atoms with Crippen LogP contribution in [-0.4, -0.2) is 13.0 Å². The zero-order valence-corrected chi connectivity index (χ0v) is 13.9. The molecule has 0 bridgehead atoms. The Bertz CT molecular complexity index is 670. The summed E-state index contributed by atoms with van der Waals surface area (Å²) in [4.78, 5) is 14.1. The Morgan fingerprint density at radius 1 is 1.15 bits per heavy atom. The molecule has 2 aromatic rings. The highest BCUT2D eigenvalue weighted by Gasteiger charge is 2.16. The van der Waals surface area contributed by atoms with Crippen LogP contribution in [0, 0.1) is 13.8 Å². The highest BCUT2D eigenvalue weighted by molar-refractivity contribution is 9.10. The number of benzene rings is 2. The minimum atomic E-state index is -0.0775. The molecule has 0 fully saturated rings. The third kappa shape index (κ3) is 3.05. The van der Waals surface area contributed by atoms with E-state index < -0.39 is 0 Å². The number of carbonyl (C=O) groups is 1. The molecule has 1 amide bonds. The average molecular weight is 353 g/mol. The Balaban J connectivity index is 2.34. The van der Waals surface area contributed by atoms with Gasteiger partial charge in [0.25, 0.3) is 5.91 Å². The molecule has 0 heterocycles. The van der Waals surface area contributed by atoms with Gasteiger partial charge in [0.05, 0.1) is 5.02 Å². The first-order chi connectivity index (χ1) is 9.40. The molecule has 0 atom stereocenters. The summed E-state index contributed by atoms with van der Waals surface area (Å²) in [5, 5.41) is 0.532. The van der Waals surface area contributed by atoms with Gasteiger partial charge in [-0.15, -0.1) is 0 Å². The van der Waals surface area contributed by atoms with Crippen LogP contribution in [0.5, 0.6) is 0 Å². The van der Waals surface area contributed by atoms with Gasteiger partial charge < -0.3 is 4.90 Å². The van der Waals surface area contributed by atoms with Crippen LogP contribution >= 0.6 is 27.5 Å². The quantitative estimate of drug-likeness (QED) is 0.745. The number of anilines is 1. The second-order valence-corrected chi connectivity index (χ2v) is 6.04. The van der Waals surface area contributed by atoms with Crippen molar-refractivity contribution in [3.63, 3.8) is 0 Å². The van der Waals surface area contributed by atoms with Crippen molar-refractivity contribution in [2.45, 2.75) is 13.8 Å². The van der Waals surface area contributed by atoms with Crippen molar-refractivity contribution in [2.24, 2.45) is 0 Å². The van der Waals surface area contributed by atoms with Gasteiger partial charge in [-0.25, -0.2) is 0 Å². The molecule has 2 nitrogen and oxygen atoms in total. The summed E-state index contributed by atoms with van der Waals surface area (Å²) in [5.74, 6) is -0.0775. The molecule has 0 spiro atoms. The van der Waals surface area contributed by atoms with Crippen LogP contribution in [-0.2, 0) is 0 Å². The number of carbonyl (C=O) groups excluding carboxylic acids is 1. The second-order valence-electron chi connectivity index (χ2n) is 4.78. The molecule has 0 saturated heterocycles. The van der Waals surface area contributed by atoms with Crippen molar-refractivity contribution in [1.82, 2.24) is 0 Å². The first-order valence-corrected chi connectivity index (χ1v) is 7.37. The molecule has 2 aromatic carbocycles. The molecule has 0 aromatic heterocycles. The van der Waals surface area contributed by atoms with Crippen molar-refractivity contribution in [3.05, 3.63) is 62.6 Å². The fourth-order valence-electron chi connectivity index (χ4n) is 2.11. The number of hydrogen-bond donors (Lipinski definition) is 0. The highest BCUT2D eigenvalue weighted by atomic mass is 79.9. The average Bonchev–Trinajstić information content (AvgIpc) is 2.40. The maximum atomic E-state index is 12.5. The minimum Gasteiger partial charge on any atom is -0.311 e. The number of amides is 1. The van der Waals surface area contributed by atoms with E-state index in [1.807, 2.05) is 26.0 Å². The Kier molecular flexibility index (Phi) is 4.51. The van der Waals surface area contributed by atoms with Crippen LogP contribution in [0.3, 0.4) is 0 Å². The molecule has 0 aliphatic rings. The fourth-order valence-corrected chi connectivity index (χ4v) is 2.54. The molecule has 0 N–H and O–H groups in total. The van der Waals surface area contributed by atoms with Gasteiger partial charge in [0.1, 0.15) is 0 Å². The monoisotopic (exact) mass is 351 g/mol. The Labute approximate surface area is 132 Å². The van der Waals surface area contributed by atoms with Gasteiger partial charge >= 0.3 is 0 Å². The molecule has 0 saturated carbocycles. The first-order valence-electron chi connectivity index (χ1n) is 6.20. The number of aryl methyl sites for hydroxylation is 2. The maximum absolute atomic E-state index is 12.5. The summed E-state index contributed by atoms with van der Waals surface area (Å²) >= 11 is 9.37. The van der Waals surface area contributed by atoms with E-state index in [1.54, 1.807) is 30.1 Å².